The Labute approximate surface area is 112 Å². The van der Waals surface area contributed by atoms with Crippen LogP contribution >= 0.6 is 0 Å². The predicted molar refractivity (Wildman–Crippen MR) is 69.3 cm³/mol. The molecule has 19 heavy (non-hydrogen) atoms. The van der Waals surface area contributed by atoms with Crippen molar-refractivity contribution >= 4 is 5.97 Å². The first-order valence-corrected chi connectivity index (χ1v) is 6.81. The highest BCUT2D eigenvalue weighted by atomic mass is 16.6. The lowest BCUT2D eigenvalue weighted by atomic mass is 9.58. The summed E-state index contributed by atoms with van der Waals surface area (Å²) < 4.78 is 5.38. The normalized spacial score (nSPS) is 45.9. The lowest BCUT2D eigenvalue weighted by Crippen LogP contribution is -2.51. The van der Waals surface area contributed by atoms with Crippen molar-refractivity contribution in [1.82, 2.24) is 0 Å². The van der Waals surface area contributed by atoms with Gasteiger partial charge in [-0.1, -0.05) is 13.5 Å². The monoisotopic (exact) mass is 264 g/mol. The second-order valence-electron chi connectivity index (χ2n) is 6.40. The number of ether oxygens (including phenoxy) is 1. The molecule has 4 heteroatoms. The number of esters is 1. The first-order valence-electron chi connectivity index (χ1n) is 6.81. The highest BCUT2D eigenvalue weighted by Crippen LogP contribution is 2.56. The highest BCUT2D eigenvalue weighted by Gasteiger charge is 2.60. The fraction of sp³-hybridized carbons (Fsp3) is 0.667. The van der Waals surface area contributed by atoms with Crippen LogP contribution in [0.2, 0.25) is 0 Å². The van der Waals surface area contributed by atoms with Gasteiger partial charge in [-0.3, -0.25) is 0 Å². The third-order valence-corrected chi connectivity index (χ3v) is 5.29. The molecule has 1 aliphatic heterocycles. The maximum absolute atomic E-state index is 11.7. The summed E-state index contributed by atoms with van der Waals surface area (Å²) in [6.07, 6.45) is 1.70. The van der Waals surface area contributed by atoms with Gasteiger partial charge in [-0.25, -0.2) is 4.79 Å². The molecule has 2 N–H and O–H groups in total. The molecule has 1 unspecified atom stereocenters. The van der Waals surface area contributed by atoms with Gasteiger partial charge in [-0.05, 0) is 49.2 Å². The van der Waals surface area contributed by atoms with Crippen LogP contribution in [0.5, 0.6) is 0 Å². The molecule has 104 valence electrons. The van der Waals surface area contributed by atoms with Crippen LogP contribution in [0.15, 0.2) is 23.3 Å². The molecule has 0 spiro atoms. The average Bonchev–Trinajstić information content (AvgIpc) is 2.59. The molecule has 3 aliphatic rings. The molecule has 0 radical (unpaired) electrons. The summed E-state index contributed by atoms with van der Waals surface area (Å²) in [5, 5.41) is 20.8. The lowest BCUT2D eigenvalue weighted by Gasteiger charge is -2.49. The molecule has 0 amide bonds. The molecule has 2 aliphatic carbocycles. The number of rotatable bonds is 0. The first-order chi connectivity index (χ1) is 8.79. The van der Waals surface area contributed by atoms with Crippen molar-refractivity contribution in [2.75, 3.05) is 0 Å². The van der Waals surface area contributed by atoms with E-state index in [1.807, 2.05) is 6.92 Å². The lowest BCUT2D eigenvalue weighted by molar-refractivity contribution is -0.141. The maximum Gasteiger partial charge on any atom is 0.337 e. The Morgan fingerprint density at radius 3 is 2.74 bits per heavy atom. The molecular formula is C15H20O4. The fourth-order valence-electron chi connectivity index (χ4n) is 3.90. The van der Waals surface area contributed by atoms with E-state index < -0.39 is 23.8 Å². The van der Waals surface area contributed by atoms with Gasteiger partial charge in [0.05, 0.1) is 11.7 Å². The number of hydrogen-bond acceptors (Lipinski definition) is 4. The van der Waals surface area contributed by atoms with Crippen molar-refractivity contribution in [2.45, 2.75) is 57.3 Å². The minimum absolute atomic E-state index is 0.0922. The van der Waals surface area contributed by atoms with Crippen LogP contribution in [-0.4, -0.2) is 34.0 Å². The summed E-state index contributed by atoms with van der Waals surface area (Å²) >= 11 is 0. The van der Waals surface area contributed by atoms with Crippen LogP contribution in [-0.2, 0) is 9.53 Å². The molecule has 2 fully saturated rings. The van der Waals surface area contributed by atoms with E-state index in [4.69, 9.17) is 4.74 Å². The Bertz CT molecular complexity index is 506. The number of aliphatic hydroxyl groups excluding tert-OH is 1. The third-order valence-electron chi connectivity index (χ3n) is 5.29. The zero-order valence-electron chi connectivity index (χ0n) is 11.4. The Morgan fingerprint density at radius 2 is 2.05 bits per heavy atom. The number of hydrogen-bond donors (Lipinski definition) is 2. The second kappa shape index (κ2) is 3.70. The molecule has 1 heterocycles. The minimum Gasteiger partial charge on any atom is -0.451 e. The number of carbonyl (C=O) groups excluding carboxylic acids is 1. The largest absolute Gasteiger partial charge is 0.451 e. The van der Waals surface area contributed by atoms with Crippen LogP contribution in [0, 0.1) is 5.41 Å². The first kappa shape index (κ1) is 12.9. The minimum atomic E-state index is -1.29. The topological polar surface area (TPSA) is 66.8 Å². The summed E-state index contributed by atoms with van der Waals surface area (Å²) in [4.78, 5) is 11.7. The molecule has 0 aromatic carbocycles. The Morgan fingerprint density at radius 1 is 1.37 bits per heavy atom. The van der Waals surface area contributed by atoms with Gasteiger partial charge >= 0.3 is 5.97 Å². The second-order valence-corrected chi connectivity index (χ2v) is 6.40. The Hall–Kier alpha value is -1.13. The summed E-state index contributed by atoms with van der Waals surface area (Å²) in [5.74, 6) is -0.517. The summed E-state index contributed by atoms with van der Waals surface area (Å²) in [6.45, 7) is 7.69. The van der Waals surface area contributed by atoms with Crippen molar-refractivity contribution < 1.29 is 19.7 Å². The molecule has 4 atom stereocenters. The van der Waals surface area contributed by atoms with Crippen LogP contribution in [0.25, 0.3) is 0 Å². The summed E-state index contributed by atoms with van der Waals surface area (Å²) in [7, 11) is 0. The van der Waals surface area contributed by atoms with E-state index in [1.54, 1.807) is 0 Å². The van der Waals surface area contributed by atoms with Crippen molar-refractivity contribution in [3.05, 3.63) is 23.3 Å². The van der Waals surface area contributed by atoms with Gasteiger partial charge in [-0.2, -0.15) is 0 Å². The Kier molecular flexibility index (Phi) is 2.51. The van der Waals surface area contributed by atoms with E-state index in [1.165, 1.54) is 0 Å². The smallest absolute Gasteiger partial charge is 0.337 e. The van der Waals surface area contributed by atoms with E-state index in [0.29, 0.717) is 6.42 Å². The van der Waals surface area contributed by atoms with Crippen LogP contribution < -0.4 is 0 Å². The summed E-state index contributed by atoms with van der Waals surface area (Å²) in [6, 6.07) is 0. The van der Waals surface area contributed by atoms with Gasteiger partial charge in [-0.15, -0.1) is 0 Å². The van der Waals surface area contributed by atoms with E-state index >= 15 is 0 Å². The molecule has 1 saturated carbocycles. The van der Waals surface area contributed by atoms with Gasteiger partial charge in [0.15, 0.2) is 6.10 Å². The summed E-state index contributed by atoms with van der Waals surface area (Å²) in [5.41, 5.74) is 0.529. The zero-order valence-corrected chi connectivity index (χ0v) is 11.4. The van der Waals surface area contributed by atoms with E-state index in [-0.39, 0.29) is 11.0 Å². The van der Waals surface area contributed by atoms with Crippen LogP contribution in [0.1, 0.15) is 39.5 Å². The van der Waals surface area contributed by atoms with Gasteiger partial charge in [0.2, 0.25) is 0 Å². The van der Waals surface area contributed by atoms with Gasteiger partial charge in [0.25, 0.3) is 0 Å². The van der Waals surface area contributed by atoms with Crippen molar-refractivity contribution in [1.29, 1.82) is 0 Å². The third kappa shape index (κ3) is 1.50. The predicted octanol–water partition coefficient (Wildman–Crippen LogP) is 1.47. The molecular weight excluding hydrogens is 244 g/mol. The highest BCUT2D eigenvalue weighted by molar-refractivity contribution is 5.93. The standard InChI is InChI=1S/C15H20O4/c1-8-10(16)4-5-14(3)6-7-15(18)9(2)13(17)19-12(15)11(8)14/h10,12,16,18H,2,4-7H2,1,3H3/t10?,12-,14+,15+/m0/s1. The quantitative estimate of drug-likeness (QED) is 0.395. The molecule has 0 aromatic rings. The Balaban J connectivity index is 2.15. The maximum atomic E-state index is 11.7. The molecule has 4 nitrogen and oxygen atoms in total. The number of aliphatic hydroxyl groups is 2. The van der Waals surface area contributed by atoms with E-state index in [9.17, 15) is 15.0 Å². The van der Waals surface area contributed by atoms with Crippen molar-refractivity contribution in [3.8, 4) is 0 Å². The molecule has 3 rings (SSSR count). The van der Waals surface area contributed by atoms with Crippen LogP contribution in [0.3, 0.4) is 0 Å². The van der Waals surface area contributed by atoms with Crippen molar-refractivity contribution in [3.63, 3.8) is 0 Å². The van der Waals surface area contributed by atoms with Crippen molar-refractivity contribution in [2.24, 2.45) is 5.41 Å². The molecule has 1 saturated heterocycles. The average molecular weight is 264 g/mol. The van der Waals surface area contributed by atoms with E-state index in [0.717, 1.165) is 30.4 Å². The number of fused-ring (bicyclic) bond motifs is 3. The fourth-order valence-corrected chi connectivity index (χ4v) is 3.90. The van der Waals surface area contributed by atoms with Gasteiger partial charge in [0.1, 0.15) is 5.60 Å². The van der Waals surface area contributed by atoms with Gasteiger partial charge < -0.3 is 14.9 Å². The molecule has 0 aromatic heterocycles. The van der Waals surface area contributed by atoms with Crippen LogP contribution in [0.4, 0.5) is 0 Å². The zero-order chi connectivity index (χ0) is 14.0. The number of carbonyl (C=O) groups is 1. The SMILES string of the molecule is C=C1C(=O)O[C@H]2C3=C(C)C(O)CC[C@]3(C)CC[C@@]12O. The van der Waals surface area contributed by atoms with E-state index in [2.05, 4.69) is 13.5 Å². The van der Waals surface area contributed by atoms with Gasteiger partial charge in [0, 0.05) is 0 Å². The molecule has 0 bridgehead atoms.